The highest BCUT2D eigenvalue weighted by Gasteiger charge is 2.13. The summed E-state index contributed by atoms with van der Waals surface area (Å²) in [4.78, 5) is 11.3. The van der Waals surface area contributed by atoms with E-state index in [4.69, 9.17) is 20.9 Å². The van der Waals surface area contributed by atoms with Crippen molar-refractivity contribution in [3.05, 3.63) is 48.0 Å². The van der Waals surface area contributed by atoms with E-state index >= 15 is 0 Å². The standard InChI is InChI=1S/C16H18N2O3/c1-2-10-20-12-7-3-4-8-13(12)21-14-9-5-6-11(15(14)17)16(18)19/h3-9H,2,10,17H2,1H3,(H2,18,19). The zero-order valence-corrected chi connectivity index (χ0v) is 11.8. The molecule has 5 nitrogen and oxygen atoms in total. The molecule has 0 fully saturated rings. The quantitative estimate of drug-likeness (QED) is 0.799. The van der Waals surface area contributed by atoms with Gasteiger partial charge in [0, 0.05) is 0 Å². The summed E-state index contributed by atoms with van der Waals surface area (Å²) in [5.41, 5.74) is 11.6. The van der Waals surface area contributed by atoms with Crippen molar-refractivity contribution in [3.63, 3.8) is 0 Å². The fourth-order valence-electron chi connectivity index (χ4n) is 1.83. The molecule has 1 amide bonds. The molecule has 0 saturated carbocycles. The van der Waals surface area contributed by atoms with E-state index in [0.717, 1.165) is 6.42 Å². The van der Waals surface area contributed by atoms with E-state index in [1.165, 1.54) is 0 Å². The van der Waals surface area contributed by atoms with Crippen LogP contribution in [0.3, 0.4) is 0 Å². The van der Waals surface area contributed by atoms with Crippen molar-refractivity contribution in [1.29, 1.82) is 0 Å². The predicted molar refractivity (Wildman–Crippen MR) is 81.7 cm³/mol. The molecule has 0 bridgehead atoms. The fourth-order valence-corrected chi connectivity index (χ4v) is 1.83. The predicted octanol–water partition coefficient (Wildman–Crippen LogP) is 2.95. The van der Waals surface area contributed by atoms with E-state index in [-0.39, 0.29) is 11.3 Å². The summed E-state index contributed by atoms with van der Waals surface area (Å²) in [5.74, 6) is 0.954. The van der Waals surface area contributed by atoms with Crippen molar-refractivity contribution in [1.82, 2.24) is 0 Å². The smallest absolute Gasteiger partial charge is 0.250 e. The molecule has 0 radical (unpaired) electrons. The molecule has 0 aliphatic heterocycles. The van der Waals surface area contributed by atoms with Crippen LogP contribution in [0.25, 0.3) is 0 Å². The van der Waals surface area contributed by atoms with Crippen LogP contribution in [-0.4, -0.2) is 12.5 Å². The van der Waals surface area contributed by atoms with Crippen molar-refractivity contribution in [2.24, 2.45) is 5.73 Å². The molecule has 0 aliphatic carbocycles. The maximum Gasteiger partial charge on any atom is 0.250 e. The molecule has 2 aromatic rings. The maximum absolute atomic E-state index is 11.3. The minimum atomic E-state index is -0.589. The van der Waals surface area contributed by atoms with Gasteiger partial charge >= 0.3 is 0 Å². The molecule has 0 atom stereocenters. The van der Waals surface area contributed by atoms with Crippen LogP contribution in [-0.2, 0) is 0 Å². The number of rotatable bonds is 6. The molecular formula is C16H18N2O3. The van der Waals surface area contributed by atoms with E-state index in [9.17, 15) is 4.79 Å². The summed E-state index contributed by atoms with van der Waals surface area (Å²) in [7, 11) is 0. The Morgan fingerprint density at radius 2 is 1.71 bits per heavy atom. The number of carbonyl (C=O) groups excluding carboxylic acids is 1. The number of hydrogen-bond acceptors (Lipinski definition) is 4. The summed E-state index contributed by atoms with van der Waals surface area (Å²) >= 11 is 0. The van der Waals surface area contributed by atoms with Gasteiger partial charge < -0.3 is 20.9 Å². The molecule has 0 saturated heterocycles. The van der Waals surface area contributed by atoms with Gasteiger partial charge in [0.1, 0.15) is 0 Å². The molecule has 5 heteroatoms. The van der Waals surface area contributed by atoms with Crippen LogP contribution in [0, 0.1) is 0 Å². The number of nitrogen functional groups attached to an aromatic ring is 1. The van der Waals surface area contributed by atoms with Crippen LogP contribution < -0.4 is 20.9 Å². The Balaban J connectivity index is 2.30. The van der Waals surface area contributed by atoms with Crippen LogP contribution >= 0.6 is 0 Å². The molecule has 110 valence electrons. The molecule has 0 unspecified atom stereocenters. The lowest BCUT2D eigenvalue weighted by molar-refractivity contribution is 0.100. The summed E-state index contributed by atoms with van der Waals surface area (Å²) in [6.45, 7) is 2.62. The number of anilines is 1. The first-order chi connectivity index (χ1) is 10.1. The van der Waals surface area contributed by atoms with Gasteiger partial charge in [-0.1, -0.05) is 25.1 Å². The molecule has 0 spiro atoms. The summed E-state index contributed by atoms with van der Waals surface area (Å²) in [6.07, 6.45) is 0.896. The van der Waals surface area contributed by atoms with Crippen molar-refractivity contribution >= 4 is 11.6 Å². The molecular weight excluding hydrogens is 268 g/mol. The lowest BCUT2D eigenvalue weighted by Gasteiger charge is -2.14. The van der Waals surface area contributed by atoms with Gasteiger partial charge in [0.25, 0.3) is 5.91 Å². The van der Waals surface area contributed by atoms with Gasteiger partial charge in [-0.05, 0) is 30.7 Å². The average molecular weight is 286 g/mol. The zero-order chi connectivity index (χ0) is 15.2. The molecule has 0 aromatic heterocycles. The van der Waals surface area contributed by atoms with Gasteiger partial charge in [-0.25, -0.2) is 0 Å². The van der Waals surface area contributed by atoms with Crippen LogP contribution in [0.5, 0.6) is 17.2 Å². The minimum Gasteiger partial charge on any atom is -0.490 e. The number of benzene rings is 2. The van der Waals surface area contributed by atoms with E-state index < -0.39 is 5.91 Å². The van der Waals surface area contributed by atoms with E-state index in [1.807, 2.05) is 25.1 Å². The van der Waals surface area contributed by atoms with Crippen molar-refractivity contribution in [2.45, 2.75) is 13.3 Å². The summed E-state index contributed by atoms with van der Waals surface area (Å²) in [6, 6.07) is 12.2. The second kappa shape index (κ2) is 6.65. The topological polar surface area (TPSA) is 87.6 Å². The first kappa shape index (κ1) is 14.7. The number of ether oxygens (including phenoxy) is 2. The van der Waals surface area contributed by atoms with Crippen molar-refractivity contribution < 1.29 is 14.3 Å². The highest BCUT2D eigenvalue weighted by molar-refractivity contribution is 5.99. The van der Waals surface area contributed by atoms with Gasteiger partial charge in [-0.3, -0.25) is 4.79 Å². The lowest BCUT2D eigenvalue weighted by atomic mass is 10.1. The summed E-state index contributed by atoms with van der Waals surface area (Å²) in [5, 5.41) is 0. The third-order valence-corrected chi connectivity index (χ3v) is 2.86. The van der Waals surface area contributed by atoms with Crippen molar-refractivity contribution in [2.75, 3.05) is 12.3 Å². The average Bonchev–Trinajstić information content (AvgIpc) is 2.48. The second-order valence-electron chi connectivity index (χ2n) is 4.48. The van der Waals surface area contributed by atoms with Crippen LogP contribution in [0.4, 0.5) is 5.69 Å². The fraction of sp³-hybridized carbons (Fsp3) is 0.188. The van der Waals surface area contributed by atoms with Gasteiger partial charge in [0.05, 0.1) is 17.9 Å². The minimum absolute atomic E-state index is 0.218. The van der Waals surface area contributed by atoms with Crippen LogP contribution in [0.1, 0.15) is 23.7 Å². The molecule has 0 aliphatic rings. The molecule has 4 N–H and O–H groups in total. The number of primary amides is 1. The van der Waals surface area contributed by atoms with Crippen LogP contribution in [0.2, 0.25) is 0 Å². The van der Waals surface area contributed by atoms with Crippen molar-refractivity contribution in [3.8, 4) is 17.2 Å². The largest absolute Gasteiger partial charge is 0.490 e. The number of amides is 1. The first-order valence-corrected chi connectivity index (χ1v) is 6.71. The van der Waals surface area contributed by atoms with E-state index in [2.05, 4.69) is 0 Å². The normalized spacial score (nSPS) is 10.1. The first-order valence-electron chi connectivity index (χ1n) is 6.71. The lowest BCUT2D eigenvalue weighted by Crippen LogP contribution is -2.13. The zero-order valence-electron chi connectivity index (χ0n) is 11.8. The van der Waals surface area contributed by atoms with Gasteiger partial charge in [0.15, 0.2) is 17.2 Å². The maximum atomic E-state index is 11.3. The number of para-hydroxylation sites is 3. The van der Waals surface area contributed by atoms with E-state index in [0.29, 0.717) is 23.9 Å². The molecule has 21 heavy (non-hydrogen) atoms. The van der Waals surface area contributed by atoms with Gasteiger partial charge in [-0.2, -0.15) is 0 Å². The summed E-state index contributed by atoms with van der Waals surface area (Å²) < 4.78 is 11.4. The molecule has 2 aromatic carbocycles. The highest BCUT2D eigenvalue weighted by atomic mass is 16.5. The Labute approximate surface area is 123 Å². The van der Waals surface area contributed by atoms with Gasteiger partial charge in [-0.15, -0.1) is 0 Å². The Morgan fingerprint density at radius 1 is 1.05 bits per heavy atom. The van der Waals surface area contributed by atoms with Gasteiger partial charge in [0.2, 0.25) is 0 Å². The third kappa shape index (κ3) is 3.45. The van der Waals surface area contributed by atoms with Crippen LogP contribution in [0.15, 0.2) is 42.5 Å². The number of carbonyl (C=O) groups is 1. The number of nitrogens with two attached hydrogens (primary N) is 2. The highest BCUT2D eigenvalue weighted by Crippen LogP contribution is 2.35. The second-order valence-corrected chi connectivity index (χ2v) is 4.48. The SMILES string of the molecule is CCCOc1ccccc1Oc1cccc(C(N)=O)c1N. The Bertz CT molecular complexity index is 641. The molecule has 2 rings (SSSR count). The van der Waals surface area contributed by atoms with E-state index in [1.54, 1.807) is 24.3 Å². The third-order valence-electron chi connectivity index (χ3n) is 2.86. The monoisotopic (exact) mass is 286 g/mol. The molecule has 0 heterocycles. The Morgan fingerprint density at radius 3 is 2.38 bits per heavy atom. The number of hydrogen-bond donors (Lipinski definition) is 2. The Hall–Kier alpha value is -2.69. The Kier molecular flexibility index (Phi) is 4.66.